The molecule has 0 atom stereocenters. The van der Waals surface area contributed by atoms with E-state index in [0.717, 1.165) is 4.88 Å². The standard InChI is InChI=1S/C7H7ClOS2/c1-10-4-5(9)6-2-3-7(8)11-6/h2-3H,4H2,1H3. The van der Waals surface area contributed by atoms with Crippen LogP contribution in [0.15, 0.2) is 12.1 Å². The average molecular weight is 207 g/mol. The van der Waals surface area contributed by atoms with Gasteiger partial charge in [-0.25, -0.2) is 0 Å². The summed E-state index contributed by atoms with van der Waals surface area (Å²) in [5.41, 5.74) is 0. The monoisotopic (exact) mass is 206 g/mol. The fourth-order valence-electron chi connectivity index (χ4n) is 0.666. The zero-order chi connectivity index (χ0) is 8.27. The van der Waals surface area contributed by atoms with Crippen LogP contribution in [0.5, 0.6) is 0 Å². The third-order valence-corrected chi connectivity index (χ3v) is 2.95. The molecule has 4 heteroatoms. The van der Waals surface area contributed by atoms with Gasteiger partial charge < -0.3 is 0 Å². The maximum Gasteiger partial charge on any atom is 0.182 e. The number of halogens is 1. The van der Waals surface area contributed by atoms with E-state index in [2.05, 4.69) is 0 Å². The molecule has 0 saturated heterocycles. The Bertz CT molecular complexity index is 257. The fraction of sp³-hybridized carbons (Fsp3) is 0.286. The van der Waals surface area contributed by atoms with Crippen LogP contribution in [-0.4, -0.2) is 17.8 Å². The number of carbonyl (C=O) groups excluding carboxylic acids is 1. The number of thioether (sulfide) groups is 1. The Kier molecular flexibility index (Phi) is 3.43. The topological polar surface area (TPSA) is 17.1 Å². The van der Waals surface area contributed by atoms with E-state index in [-0.39, 0.29) is 5.78 Å². The van der Waals surface area contributed by atoms with Crippen LogP contribution in [0.2, 0.25) is 4.34 Å². The molecule has 11 heavy (non-hydrogen) atoms. The summed E-state index contributed by atoms with van der Waals surface area (Å²) in [6.07, 6.45) is 1.91. The minimum Gasteiger partial charge on any atom is -0.292 e. The molecule has 0 aliphatic heterocycles. The second-order valence-corrected chi connectivity index (χ2v) is 4.54. The molecule has 1 heterocycles. The zero-order valence-corrected chi connectivity index (χ0v) is 8.35. The summed E-state index contributed by atoms with van der Waals surface area (Å²) in [5.74, 6) is 0.700. The summed E-state index contributed by atoms with van der Waals surface area (Å²) in [5, 5.41) is 0. The van der Waals surface area contributed by atoms with Crippen molar-refractivity contribution in [2.24, 2.45) is 0 Å². The summed E-state index contributed by atoms with van der Waals surface area (Å²) in [6, 6.07) is 3.52. The predicted octanol–water partition coefficient (Wildman–Crippen LogP) is 2.95. The molecule has 0 N–H and O–H groups in total. The Labute approximate surface area is 78.8 Å². The van der Waals surface area contributed by atoms with Gasteiger partial charge in [-0.3, -0.25) is 4.79 Å². The van der Waals surface area contributed by atoms with Gasteiger partial charge in [0, 0.05) is 0 Å². The Morgan fingerprint density at radius 1 is 1.73 bits per heavy atom. The van der Waals surface area contributed by atoms with E-state index in [0.29, 0.717) is 10.1 Å². The third kappa shape index (κ3) is 2.51. The van der Waals surface area contributed by atoms with E-state index in [9.17, 15) is 4.79 Å². The highest BCUT2D eigenvalue weighted by Gasteiger charge is 2.06. The van der Waals surface area contributed by atoms with Gasteiger partial charge in [0.25, 0.3) is 0 Å². The molecular formula is C7H7ClOS2. The average Bonchev–Trinajstić information content (AvgIpc) is 2.36. The molecule has 0 spiro atoms. The van der Waals surface area contributed by atoms with E-state index >= 15 is 0 Å². The lowest BCUT2D eigenvalue weighted by atomic mass is 10.4. The van der Waals surface area contributed by atoms with Crippen molar-refractivity contribution in [1.82, 2.24) is 0 Å². The van der Waals surface area contributed by atoms with Crippen LogP contribution in [0.3, 0.4) is 0 Å². The van der Waals surface area contributed by atoms with E-state index in [1.807, 2.05) is 6.26 Å². The number of ketones is 1. The van der Waals surface area contributed by atoms with Gasteiger partial charge in [-0.05, 0) is 18.4 Å². The first-order valence-electron chi connectivity index (χ1n) is 3.01. The van der Waals surface area contributed by atoms with Crippen molar-refractivity contribution in [2.75, 3.05) is 12.0 Å². The summed E-state index contributed by atoms with van der Waals surface area (Å²) in [4.78, 5) is 11.9. The van der Waals surface area contributed by atoms with Gasteiger partial charge >= 0.3 is 0 Å². The van der Waals surface area contributed by atoms with E-state index in [1.165, 1.54) is 23.1 Å². The molecule has 0 saturated carbocycles. The first-order valence-corrected chi connectivity index (χ1v) is 5.60. The van der Waals surface area contributed by atoms with Crippen molar-refractivity contribution >= 4 is 40.5 Å². The summed E-state index contributed by atoms with van der Waals surface area (Å²) >= 11 is 8.53. The smallest absolute Gasteiger partial charge is 0.182 e. The predicted molar refractivity (Wildman–Crippen MR) is 52.0 cm³/mol. The lowest BCUT2D eigenvalue weighted by molar-refractivity contribution is 0.102. The van der Waals surface area contributed by atoms with Gasteiger partial charge in [-0.2, -0.15) is 11.8 Å². The second kappa shape index (κ2) is 4.14. The molecule has 0 bridgehead atoms. The maximum atomic E-state index is 11.2. The SMILES string of the molecule is CSCC(=O)c1ccc(Cl)s1. The number of thiophene rings is 1. The maximum absolute atomic E-state index is 11.2. The molecule has 1 rings (SSSR count). The second-order valence-electron chi connectivity index (χ2n) is 1.96. The quantitative estimate of drug-likeness (QED) is 0.708. The minimum atomic E-state index is 0.161. The molecule has 1 nitrogen and oxygen atoms in total. The normalized spacial score (nSPS) is 10.0. The number of rotatable bonds is 3. The van der Waals surface area contributed by atoms with Crippen LogP contribution in [0.25, 0.3) is 0 Å². The van der Waals surface area contributed by atoms with Crippen molar-refractivity contribution in [3.8, 4) is 0 Å². The van der Waals surface area contributed by atoms with Crippen LogP contribution in [-0.2, 0) is 0 Å². The van der Waals surface area contributed by atoms with Crippen LogP contribution in [0.1, 0.15) is 9.67 Å². The highest BCUT2D eigenvalue weighted by atomic mass is 35.5. The van der Waals surface area contributed by atoms with Crippen molar-refractivity contribution in [1.29, 1.82) is 0 Å². The molecule has 60 valence electrons. The molecular weight excluding hydrogens is 200 g/mol. The van der Waals surface area contributed by atoms with Gasteiger partial charge in [0.1, 0.15) is 0 Å². The largest absolute Gasteiger partial charge is 0.292 e. The van der Waals surface area contributed by atoms with Crippen molar-refractivity contribution in [3.63, 3.8) is 0 Å². The van der Waals surface area contributed by atoms with E-state index in [4.69, 9.17) is 11.6 Å². The van der Waals surface area contributed by atoms with Gasteiger partial charge in [0.15, 0.2) is 5.78 Å². The third-order valence-electron chi connectivity index (χ3n) is 1.12. The van der Waals surface area contributed by atoms with Crippen molar-refractivity contribution < 1.29 is 4.79 Å². The van der Waals surface area contributed by atoms with Gasteiger partial charge in [0.05, 0.1) is 15.0 Å². The molecule has 1 aromatic heterocycles. The Morgan fingerprint density at radius 2 is 2.45 bits per heavy atom. The highest BCUT2D eigenvalue weighted by molar-refractivity contribution is 7.99. The first kappa shape index (κ1) is 9.10. The minimum absolute atomic E-state index is 0.161. The van der Waals surface area contributed by atoms with E-state index < -0.39 is 0 Å². The summed E-state index contributed by atoms with van der Waals surface area (Å²) < 4.78 is 0.675. The highest BCUT2D eigenvalue weighted by Crippen LogP contribution is 2.22. The molecule has 0 amide bonds. The molecule has 1 aromatic rings. The Morgan fingerprint density at radius 3 is 2.91 bits per heavy atom. The molecule has 0 aliphatic rings. The van der Waals surface area contributed by atoms with Crippen LogP contribution in [0, 0.1) is 0 Å². The zero-order valence-electron chi connectivity index (χ0n) is 5.96. The van der Waals surface area contributed by atoms with Crippen LogP contribution in [0.4, 0.5) is 0 Å². The lowest BCUT2D eigenvalue weighted by Gasteiger charge is -1.90. The molecule has 0 fully saturated rings. The molecule has 0 radical (unpaired) electrons. The van der Waals surface area contributed by atoms with E-state index in [1.54, 1.807) is 12.1 Å². The van der Waals surface area contributed by atoms with Crippen LogP contribution >= 0.6 is 34.7 Å². The van der Waals surface area contributed by atoms with Crippen molar-refractivity contribution in [3.05, 3.63) is 21.3 Å². The van der Waals surface area contributed by atoms with Gasteiger partial charge in [-0.15, -0.1) is 11.3 Å². The number of hydrogen-bond donors (Lipinski definition) is 0. The Hall–Kier alpha value is 0.01000. The first-order chi connectivity index (χ1) is 5.24. The fourth-order valence-corrected chi connectivity index (χ4v) is 2.16. The molecule has 0 aromatic carbocycles. The van der Waals surface area contributed by atoms with Gasteiger partial charge in [-0.1, -0.05) is 11.6 Å². The molecule has 0 aliphatic carbocycles. The summed E-state index contributed by atoms with van der Waals surface area (Å²) in [7, 11) is 0. The molecule has 0 unspecified atom stereocenters. The van der Waals surface area contributed by atoms with Crippen molar-refractivity contribution in [2.45, 2.75) is 0 Å². The summed E-state index contributed by atoms with van der Waals surface area (Å²) in [6.45, 7) is 0. The number of hydrogen-bond acceptors (Lipinski definition) is 3. The van der Waals surface area contributed by atoms with Gasteiger partial charge in [0.2, 0.25) is 0 Å². The lowest BCUT2D eigenvalue weighted by Crippen LogP contribution is -1.97. The number of Topliss-reactive ketones (excluding diaryl/α,β-unsaturated/α-hetero) is 1. The van der Waals surface area contributed by atoms with Crippen LogP contribution < -0.4 is 0 Å². The number of carbonyl (C=O) groups is 1. The Balaban J connectivity index is 2.69.